The molecule has 0 unspecified atom stereocenters. The minimum atomic E-state index is 0.122. The van der Waals surface area contributed by atoms with Gasteiger partial charge < -0.3 is 4.90 Å². The highest BCUT2D eigenvalue weighted by atomic mass is 32.1. The third-order valence-electron chi connectivity index (χ3n) is 4.67. The summed E-state index contributed by atoms with van der Waals surface area (Å²) in [4.78, 5) is 17.6. The third-order valence-corrected chi connectivity index (χ3v) is 5.54. The van der Waals surface area contributed by atoms with Crippen LogP contribution in [0.25, 0.3) is 5.69 Å². The smallest absolute Gasteiger partial charge is 0.236 e. The lowest BCUT2D eigenvalue weighted by atomic mass is 10.2. The first-order valence-electron chi connectivity index (χ1n) is 9.01. The summed E-state index contributed by atoms with van der Waals surface area (Å²) in [6.07, 6.45) is 0. The molecule has 0 saturated carbocycles. The number of aryl methyl sites for hydroxylation is 1. The van der Waals surface area contributed by atoms with Crippen LogP contribution in [0.1, 0.15) is 21.8 Å². The number of aromatic nitrogens is 2. The maximum atomic E-state index is 12.5. The van der Waals surface area contributed by atoms with Crippen molar-refractivity contribution < 1.29 is 4.79 Å². The third kappa shape index (κ3) is 4.64. The zero-order valence-corrected chi connectivity index (χ0v) is 17.2. The summed E-state index contributed by atoms with van der Waals surface area (Å²) >= 11 is 1.68. The molecule has 0 aliphatic heterocycles. The van der Waals surface area contributed by atoms with Crippen molar-refractivity contribution >= 4 is 17.2 Å². The molecule has 2 heterocycles. The van der Waals surface area contributed by atoms with Gasteiger partial charge >= 0.3 is 0 Å². The second kappa shape index (κ2) is 8.50. The lowest BCUT2D eigenvalue weighted by Crippen LogP contribution is -2.36. The van der Waals surface area contributed by atoms with Gasteiger partial charge in [-0.25, -0.2) is 4.68 Å². The number of rotatable bonds is 7. The SMILES string of the molecule is Cc1nn(-c2ccccc2)c(C)c1CN(C)CC(=O)N(C)Cc1cccs1. The monoisotopic (exact) mass is 382 g/mol. The first kappa shape index (κ1) is 19.3. The molecule has 6 heteroatoms. The summed E-state index contributed by atoms with van der Waals surface area (Å²) in [7, 11) is 3.84. The Balaban J connectivity index is 1.65. The highest BCUT2D eigenvalue weighted by Crippen LogP contribution is 2.19. The van der Waals surface area contributed by atoms with Gasteiger partial charge in [0.1, 0.15) is 0 Å². The van der Waals surface area contributed by atoms with Gasteiger partial charge in [-0.3, -0.25) is 9.69 Å². The molecule has 0 radical (unpaired) electrons. The Morgan fingerprint density at radius 1 is 1.07 bits per heavy atom. The number of nitrogens with zero attached hydrogens (tertiary/aromatic N) is 4. The van der Waals surface area contributed by atoms with Crippen LogP contribution in [0.3, 0.4) is 0 Å². The average molecular weight is 383 g/mol. The normalized spacial score (nSPS) is 11.1. The molecule has 5 nitrogen and oxygen atoms in total. The number of thiophene rings is 1. The quantitative estimate of drug-likeness (QED) is 0.626. The number of hydrogen-bond donors (Lipinski definition) is 0. The molecule has 0 aliphatic carbocycles. The molecule has 0 bridgehead atoms. The molecule has 1 amide bonds. The van der Waals surface area contributed by atoms with Gasteiger partial charge in [0.05, 0.1) is 24.5 Å². The van der Waals surface area contributed by atoms with Gasteiger partial charge in [0.15, 0.2) is 0 Å². The lowest BCUT2D eigenvalue weighted by Gasteiger charge is -2.21. The molecule has 142 valence electrons. The molecule has 0 aliphatic rings. The molecule has 2 aromatic heterocycles. The van der Waals surface area contributed by atoms with Gasteiger partial charge in [-0.2, -0.15) is 5.10 Å². The van der Waals surface area contributed by atoms with E-state index in [4.69, 9.17) is 5.10 Å². The Morgan fingerprint density at radius 2 is 1.81 bits per heavy atom. The van der Waals surface area contributed by atoms with Crippen molar-refractivity contribution in [1.29, 1.82) is 0 Å². The number of carbonyl (C=O) groups is 1. The van der Waals surface area contributed by atoms with E-state index in [-0.39, 0.29) is 5.91 Å². The van der Waals surface area contributed by atoms with E-state index in [0.717, 1.165) is 17.1 Å². The zero-order valence-electron chi connectivity index (χ0n) is 16.3. The summed E-state index contributed by atoms with van der Waals surface area (Å²) < 4.78 is 1.98. The Bertz CT molecular complexity index is 887. The van der Waals surface area contributed by atoms with Crippen LogP contribution in [-0.2, 0) is 17.9 Å². The summed E-state index contributed by atoms with van der Waals surface area (Å²) in [5.74, 6) is 0.122. The van der Waals surface area contributed by atoms with Gasteiger partial charge in [0, 0.05) is 29.7 Å². The van der Waals surface area contributed by atoms with E-state index in [1.165, 1.54) is 10.4 Å². The second-order valence-corrected chi connectivity index (χ2v) is 7.93. The van der Waals surface area contributed by atoms with Gasteiger partial charge in [0.25, 0.3) is 0 Å². The van der Waals surface area contributed by atoms with Crippen molar-refractivity contribution in [2.24, 2.45) is 0 Å². The van der Waals surface area contributed by atoms with Crippen molar-refractivity contribution in [3.63, 3.8) is 0 Å². The molecule has 27 heavy (non-hydrogen) atoms. The van der Waals surface area contributed by atoms with Crippen molar-refractivity contribution in [1.82, 2.24) is 19.6 Å². The van der Waals surface area contributed by atoms with Gasteiger partial charge in [0.2, 0.25) is 5.91 Å². The van der Waals surface area contributed by atoms with Crippen molar-refractivity contribution in [3.8, 4) is 5.69 Å². The summed E-state index contributed by atoms with van der Waals surface area (Å²) in [6.45, 7) is 5.86. The number of amides is 1. The van der Waals surface area contributed by atoms with Crippen LogP contribution in [0.2, 0.25) is 0 Å². The van der Waals surface area contributed by atoms with Gasteiger partial charge in [-0.15, -0.1) is 11.3 Å². The van der Waals surface area contributed by atoms with Crippen molar-refractivity contribution in [2.75, 3.05) is 20.6 Å². The summed E-state index contributed by atoms with van der Waals surface area (Å²) in [6, 6.07) is 14.2. The van der Waals surface area contributed by atoms with Crippen LogP contribution in [0.5, 0.6) is 0 Å². The topological polar surface area (TPSA) is 41.4 Å². The van der Waals surface area contributed by atoms with Crippen LogP contribution in [0.4, 0.5) is 0 Å². The average Bonchev–Trinajstić information content (AvgIpc) is 3.25. The Labute approximate surface area is 164 Å². The van der Waals surface area contributed by atoms with Crippen LogP contribution >= 0.6 is 11.3 Å². The fourth-order valence-electron chi connectivity index (χ4n) is 3.13. The number of likely N-dealkylation sites (N-methyl/N-ethyl adjacent to an activating group) is 2. The molecule has 0 saturated heterocycles. The molecular formula is C21H26N4OS. The number of hydrogen-bond acceptors (Lipinski definition) is 4. The maximum Gasteiger partial charge on any atom is 0.236 e. The lowest BCUT2D eigenvalue weighted by molar-refractivity contribution is -0.131. The van der Waals surface area contributed by atoms with E-state index in [2.05, 4.69) is 30.0 Å². The minimum absolute atomic E-state index is 0.122. The van der Waals surface area contributed by atoms with Crippen LogP contribution in [-0.4, -0.2) is 46.1 Å². The fraction of sp³-hybridized carbons (Fsp3) is 0.333. The molecular weight excluding hydrogens is 356 g/mol. The zero-order chi connectivity index (χ0) is 19.4. The number of carbonyl (C=O) groups excluding carboxylic acids is 1. The minimum Gasteiger partial charge on any atom is -0.340 e. The van der Waals surface area contributed by atoms with E-state index >= 15 is 0 Å². The molecule has 0 atom stereocenters. The maximum absolute atomic E-state index is 12.5. The predicted molar refractivity (Wildman–Crippen MR) is 110 cm³/mol. The van der Waals surface area contributed by atoms with Crippen molar-refractivity contribution in [3.05, 3.63) is 69.7 Å². The van der Waals surface area contributed by atoms with Crippen molar-refractivity contribution in [2.45, 2.75) is 26.9 Å². The second-order valence-electron chi connectivity index (χ2n) is 6.90. The number of para-hydroxylation sites is 1. The standard InChI is InChI=1S/C21H26N4OS/c1-16-20(17(2)25(22-16)18-9-6-5-7-10-18)14-23(3)15-21(26)24(4)13-19-11-8-12-27-19/h5-12H,13-15H2,1-4H3. The molecule has 3 rings (SSSR count). The summed E-state index contributed by atoms with van der Waals surface area (Å²) in [5, 5.41) is 6.73. The van der Waals surface area contributed by atoms with Crippen LogP contribution in [0.15, 0.2) is 47.8 Å². The van der Waals surface area contributed by atoms with Crippen LogP contribution < -0.4 is 0 Å². The van der Waals surface area contributed by atoms with Gasteiger partial charge in [-0.05, 0) is 44.5 Å². The highest BCUT2D eigenvalue weighted by molar-refractivity contribution is 7.09. The van der Waals surface area contributed by atoms with Crippen LogP contribution in [0, 0.1) is 13.8 Å². The first-order chi connectivity index (χ1) is 13.0. The largest absolute Gasteiger partial charge is 0.340 e. The molecule has 0 N–H and O–H groups in total. The van der Waals surface area contributed by atoms with E-state index in [1.54, 1.807) is 16.2 Å². The molecule has 1 aromatic carbocycles. The molecule has 0 spiro atoms. The number of benzene rings is 1. The van der Waals surface area contributed by atoms with E-state index in [9.17, 15) is 4.79 Å². The predicted octanol–water partition coefficient (Wildman–Crippen LogP) is 3.64. The summed E-state index contributed by atoms with van der Waals surface area (Å²) in [5.41, 5.74) is 4.35. The van der Waals surface area contributed by atoms with E-state index < -0.39 is 0 Å². The molecule has 0 fully saturated rings. The van der Waals surface area contributed by atoms with Gasteiger partial charge in [-0.1, -0.05) is 24.3 Å². The first-order valence-corrected chi connectivity index (χ1v) is 9.89. The highest BCUT2D eigenvalue weighted by Gasteiger charge is 2.17. The Hall–Kier alpha value is -2.44. The fourth-order valence-corrected chi connectivity index (χ4v) is 3.88. The molecule has 3 aromatic rings. The Morgan fingerprint density at radius 3 is 2.48 bits per heavy atom. The van der Waals surface area contributed by atoms with E-state index in [0.29, 0.717) is 19.6 Å². The van der Waals surface area contributed by atoms with E-state index in [1.807, 2.05) is 55.3 Å². The Kier molecular flexibility index (Phi) is 6.08.